The fraction of sp³-hybridized carbons (Fsp3) is 0.143. The van der Waals surface area contributed by atoms with E-state index in [2.05, 4.69) is 57.0 Å². The fourth-order valence-corrected chi connectivity index (χ4v) is 2.49. The van der Waals surface area contributed by atoms with Crippen molar-refractivity contribution in [2.75, 3.05) is 17.2 Å². The highest BCUT2D eigenvalue weighted by atomic mass is 79.9. The van der Waals surface area contributed by atoms with Crippen molar-refractivity contribution in [1.82, 2.24) is 25.3 Å². The Hall–Kier alpha value is -3.55. The van der Waals surface area contributed by atoms with Crippen LogP contribution in [0.5, 0.6) is 0 Å². The lowest BCUT2D eigenvalue weighted by atomic mass is 10.3. The van der Waals surface area contributed by atoms with Gasteiger partial charge in [0.2, 0.25) is 11.7 Å². The van der Waals surface area contributed by atoms with Gasteiger partial charge in [-0.15, -0.1) is 5.10 Å². The minimum atomic E-state index is -0.676. The molecule has 0 bridgehead atoms. The number of benzene rings is 1. The highest BCUT2D eigenvalue weighted by molar-refractivity contribution is 9.10. The third kappa shape index (κ3) is 4.40. The molecule has 0 fully saturated rings. The van der Waals surface area contributed by atoms with Crippen LogP contribution in [0.15, 0.2) is 38.7 Å². The standard InChI is InChI=1S/C14H13BrFN9O3/c15-8-5-7(1-2-9(8)16)19-14(21-27)11-13(23-28-22-11)18-3-4-25-6-10(12(17)26)20-24-25/h1-2,5-6,27H,3-4H2,(H2,17,26)(H,18,23)(H,19,21). The van der Waals surface area contributed by atoms with Gasteiger partial charge in [-0.1, -0.05) is 10.4 Å². The summed E-state index contributed by atoms with van der Waals surface area (Å²) in [5, 5.41) is 32.9. The molecule has 28 heavy (non-hydrogen) atoms. The first-order valence-corrected chi connectivity index (χ1v) is 8.48. The molecule has 5 N–H and O–H groups in total. The van der Waals surface area contributed by atoms with Crippen LogP contribution in [0.1, 0.15) is 16.2 Å². The summed E-state index contributed by atoms with van der Waals surface area (Å²) in [6.45, 7) is 0.639. The number of oxime groups is 1. The third-order valence-corrected chi connectivity index (χ3v) is 4.03. The van der Waals surface area contributed by atoms with Gasteiger partial charge >= 0.3 is 0 Å². The van der Waals surface area contributed by atoms with Crippen molar-refractivity contribution in [3.63, 3.8) is 0 Å². The highest BCUT2D eigenvalue weighted by Crippen LogP contribution is 2.21. The fourth-order valence-electron chi connectivity index (χ4n) is 2.11. The largest absolute Gasteiger partial charge is 0.409 e. The SMILES string of the molecule is NC(=O)c1cn(CCNc2nonc2C(=NO)Nc2ccc(F)c(Br)c2)nn1. The number of rotatable bonds is 7. The van der Waals surface area contributed by atoms with Gasteiger partial charge in [0.1, 0.15) is 5.82 Å². The van der Waals surface area contributed by atoms with E-state index in [1.54, 1.807) is 0 Å². The average Bonchev–Trinajstić information content (AvgIpc) is 3.32. The van der Waals surface area contributed by atoms with E-state index < -0.39 is 11.7 Å². The van der Waals surface area contributed by atoms with Crippen LogP contribution in [0.4, 0.5) is 15.9 Å². The lowest BCUT2D eigenvalue weighted by Gasteiger charge is -2.08. The second-order valence-electron chi connectivity index (χ2n) is 5.32. The van der Waals surface area contributed by atoms with Gasteiger partial charge < -0.3 is 21.6 Å². The zero-order chi connectivity index (χ0) is 20.1. The van der Waals surface area contributed by atoms with E-state index in [-0.39, 0.29) is 27.5 Å². The lowest BCUT2D eigenvalue weighted by molar-refractivity contribution is 0.0995. The first-order chi connectivity index (χ1) is 13.5. The van der Waals surface area contributed by atoms with Crippen LogP contribution in [-0.4, -0.2) is 48.8 Å². The topological polar surface area (TPSA) is 169 Å². The normalized spacial score (nSPS) is 11.4. The van der Waals surface area contributed by atoms with Crippen molar-refractivity contribution in [3.8, 4) is 0 Å². The number of nitrogens with one attached hydrogen (secondary N) is 2. The van der Waals surface area contributed by atoms with E-state index in [9.17, 15) is 14.4 Å². The van der Waals surface area contributed by atoms with Crippen LogP contribution in [0, 0.1) is 5.82 Å². The number of carbonyl (C=O) groups is 1. The van der Waals surface area contributed by atoms with Gasteiger partial charge in [-0.25, -0.2) is 13.7 Å². The zero-order valence-electron chi connectivity index (χ0n) is 14.0. The summed E-state index contributed by atoms with van der Waals surface area (Å²) in [4.78, 5) is 11.0. The van der Waals surface area contributed by atoms with E-state index in [1.807, 2.05) is 0 Å². The molecule has 1 aromatic carbocycles. The summed E-state index contributed by atoms with van der Waals surface area (Å²) >= 11 is 3.07. The Kier molecular flexibility index (Phi) is 5.78. The maximum atomic E-state index is 13.3. The number of nitrogens with two attached hydrogens (primary N) is 1. The molecule has 0 aliphatic carbocycles. The number of hydrogen-bond donors (Lipinski definition) is 4. The van der Waals surface area contributed by atoms with Crippen LogP contribution in [0.3, 0.4) is 0 Å². The van der Waals surface area contributed by atoms with Gasteiger partial charge in [-0.2, -0.15) is 0 Å². The van der Waals surface area contributed by atoms with Crippen LogP contribution < -0.4 is 16.4 Å². The quantitative estimate of drug-likeness (QED) is 0.176. The Morgan fingerprint density at radius 2 is 2.25 bits per heavy atom. The molecule has 14 heteroatoms. The summed E-state index contributed by atoms with van der Waals surface area (Å²) in [6.07, 6.45) is 1.40. The molecule has 0 aliphatic rings. The Morgan fingerprint density at radius 3 is 2.93 bits per heavy atom. The molecular formula is C14H13BrFN9O3. The zero-order valence-corrected chi connectivity index (χ0v) is 15.6. The maximum absolute atomic E-state index is 13.3. The van der Waals surface area contributed by atoms with E-state index in [4.69, 9.17) is 5.73 Å². The minimum Gasteiger partial charge on any atom is -0.409 e. The molecule has 12 nitrogen and oxygen atoms in total. The molecule has 2 heterocycles. The van der Waals surface area contributed by atoms with Gasteiger partial charge in [-0.05, 0) is 44.4 Å². The molecule has 0 spiro atoms. The number of amides is 1. The van der Waals surface area contributed by atoms with Gasteiger partial charge in [0.15, 0.2) is 11.4 Å². The molecular weight excluding hydrogens is 441 g/mol. The van der Waals surface area contributed by atoms with E-state index >= 15 is 0 Å². The van der Waals surface area contributed by atoms with Crippen molar-refractivity contribution < 1.29 is 19.0 Å². The monoisotopic (exact) mass is 453 g/mol. The van der Waals surface area contributed by atoms with Crippen LogP contribution >= 0.6 is 15.9 Å². The number of anilines is 2. The molecule has 0 saturated carbocycles. The van der Waals surface area contributed by atoms with Crippen molar-refractivity contribution in [3.05, 3.63) is 46.1 Å². The van der Waals surface area contributed by atoms with Crippen LogP contribution in [-0.2, 0) is 6.54 Å². The first-order valence-electron chi connectivity index (χ1n) is 7.69. The van der Waals surface area contributed by atoms with Crippen molar-refractivity contribution in [2.24, 2.45) is 10.9 Å². The summed E-state index contributed by atoms with van der Waals surface area (Å²) in [6, 6.07) is 4.15. The molecule has 146 valence electrons. The Bertz CT molecular complexity index is 1020. The summed E-state index contributed by atoms with van der Waals surface area (Å²) in [5.74, 6) is -0.994. The Balaban J connectivity index is 1.65. The van der Waals surface area contributed by atoms with Gasteiger partial charge in [0, 0.05) is 12.2 Å². The molecule has 1 amide bonds. The molecule has 0 radical (unpaired) electrons. The number of halogens is 2. The molecule has 0 unspecified atom stereocenters. The molecule has 0 atom stereocenters. The van der Waals surface area contributed by atoms with E-state index in [0.29, 0.717) is 18.8 Å². The van der Waals surface area contributed by atoms with E-state index in [1.165, 1.54) is 29.1 Å². The first kappa shape index (κ1) is 19.2. The second-order valence-corrected chi connectivity index (χ2v) is 6.18. The summed E-state index contributed by atoms with van der Waals surface area (Å²) in [7, 11) is 0. The number of nitrogens with zero attached hydrogens (tertiary/aromatic N) is 6. The molecule has 0 saturated heterocycles. The van der Waals surface area contributed by atoms with Crippen molar-refractivity contribution in [2.45, 2.75) is 6.54 Å². The molecule has 2 aromatic heterocycles. The Morgan fingerprint density at radius 1 is 1.43 bits per heavy atom. The van der Waals surface area contributed by atoms with Crippen molar-refractivity contribution >= 4 is 39.2 Å². The second kappa shape index (κ2) is 8.43. The number of hydrogen-bond acceptors (Lipinski definition) is 9. The molecule has 3 aromatic rings. The lowest BCUT2D eigenvalue weighted by Crippen LogP contribution is -2.18. The molecule has 0 aliphatic heterocycles. The maximum Gasteiger partial charge on any atom is 0.270 e. The number of carbonyl (C=O) groups excluding carboxylic acids is 1. The predicted molar refractivity (Wildman–Crippen MR) is 97.4 cm³/mol. The van der Waals surface area contributed by atoms with Crippen molar-refractivity contribution in [1.29, 1.82) is 0 Å². The third-order valence-electron chi connectivity index (χ3n) is 3.42. The number of amidine groups is 1. The number of aromatic nitrogens is 5. The predicted octanol–water partition coefficient (Wildman–Crippen LogP) is 1.02. The Labute approximate surface area is 164 Å². The summed E-state index contributed by atoms with van der Waals surface area (Å²) < 4.78 is 19.7. The van der Waals surface area contributed by atoms with Crippen LogP contribution in [0.2, 0.25) is 0 Å². The van der Waals surface area contributed by atoms with Gasteiger partial charge in [0.05, 0.1) is 17.2 Å². The van der Waals surface area contributed by atoms with Crippen LogP contribution in [0.25, 0.3) is 0 Å². The smallest absolute Gasteiger partial charge is 0.270 e. The van der Waals surface area contributed by atoms with Gasteiger partial charge in [-0.3, -0.25) is 4.79 Å². The summed E-state index contributed by atoms with van der Waals surface area (Å²) in [5.41, 5.74) is 5.70. The highest BCUT2D eigenvalue weighted by Gasteiger charge is 2.18. The average molecular weight is 454 g/mol. The van der Waals surface area contributed by atoms with E-state index in [0.717, 1.165) is 0 Å². The number of primary amides is 1. The molecule has 3 rings (SSSR count). The van der Waals surface area contributed by atoms with Gasteiger partial charge in [0.25, 0.3) is 5.91 Å². The minimum absolute atomic E-state index is 0.0492.